The molecule has 6 nitrogen and oxygen atoms in total. The van der Waals surface area contributed by atoms with Crippen LogP contribution in [0, 0.1) is 0 Å². The van der Waals surface area contributed by atoms with Gasteiger partial charge in [-0.05, 0) is 65.4 Å². The van der Waals surface area contributed by atoms with E-state index in [1.54, 1.807) is 12.1 Å². The summed E-state index contributed by atoms with van der Waals surface area (Å²) in [5, 5.41) is 3.81. The van der Waals surface area contributed by atoms with Crippen molar-refractivity contribution in [2.75, 3.05) is 10.2 Å². The molecule has 1 heterocycles. The van der Waals surface area contributed by atoms with Crippen LogP contribution < -0.4 is 15.0 Å². The molecule has 0 saturated carbocycles. The number of alkyl halides is 3. The standard InChI is InChI=1S/C28H15Cl2F3N2O4/c29-21-12-8-18(28(31,32)33)14-22(21)35-25(36)23(30)24(26(35)37)34-19-9-5-16(6-10-19)27(38)39-20-11-7-15-3-1-2-4-17(15)13-20/h1-14,34H. The highest BCUT2D eigenvalue weighted by Gasteiger charge is 2.41. The Bertz CT molecular complexity index is 1680. The molecular formula is C28H15Cl2F3N2O4. The molecule has 0 fully saturated rings. The van der Waals surface area contributed by atoms with Gasteiger partial charge >= 0.3 is 12.1 Å². The van der Waals surface area contributed by atoms with Gasteiger partial charge in [0.1, 0.15) is 16.5 Å². The largest absolute Gasteiger partial charge is 0.423 e. The van der Waals surface area contributed by atoms with Crippen molar-refractivity contribution >= 4 is 63.1 Å². The zero-order chi connectivity index (χ0) is 27.9. The quantitative estimate of drug-likeness (QED) is 0.156. The molecule has 39 heavy (non-hydrogen) atoms. The number of nitrogens with one attached hydrogen (secondary N) is 1. The molecule has 0 aliphatic carbocycles. The number of carbonyl (C=O) groups is 3. The molecule has 5 rings (SSSR count). The zero-order valence-electron chi connectivity index (χ0n) is 19.6. The first-order valence-electron chi connectivity index (χ1n) is 11.3. The molecule has 0 saturated heterocycles. The van der Waals surface area contributed by atoms with Crippen LogP contribution in [0.5, 0.6) is 5.75 Å². The SMILES string of the molecule is O=C(Oc1ccc2ccccc2c1)c1ccc(NC2=C(Cl)C(=O)N(c3cc(C(F)(F)F)ccc3Cl)C2=O)cc1. The lowest BCUT2D eigenvalue weighted by Gasteiger charge is -2.18. The van der Waals surface area contributed by atoms with Gasteiger partial charge < -0.3 is 10.1 Å². The number of nitrogens with zero attached hydrogens (tertiary/aromatic N) is 1. The number of esters is 1. The van der Waals surface area contributed by atoms with Gasteiger partial charge in [0.2, 0.25) is 0 Å². The Balaban J connectivity index is 1.32. The number of hydrogen-bond donors (Lipinski definition) is 1. The summed E-state index contributed by atoms with van der Waals surface area (Å²) in [5.41, 5.74) is -1.42. The first kappa shape index (κ1) is 26.3. The molecule has 196 valence electrons. The third-order valence-electron chi connectivity index (χ3n) is 5.86. The highest BCUT2D eigenvalue weighted by Crippen LogP contribution is 2.39. The molecule has 11 heteroatoms. The molecule has 0 spiro atoms. The number of imide groups is 1. The fourth-order valence-electron chi connectivity index (χ4n) is 3.92. The Kier molecular flexibility index (Phi) is 6.80. The number of rotatable bonds is 5. The van der Waals surface area contributed by atoms with E-state index >= 15 is 0 Å². The Morgan fingerprint density at radius 2 is 1.51 bits per heavy atom. The molecule has 0 unspecified atom stereocenters. The molecule has 1 aliphatic rings. The smallest absolute Gasteiger partial charge is 0.416 e. The molecular weight excluding hydrogens is 556 g/mol. The second-order valence-electron chi connectivity index (χ2n) is 8.40. The fraction of sp³-hybridized carbons (Fsp3) is 0.0357. The van der Waals surface area contributed by atoms with Gasteiger partial charge in [-0.15, -0.1) is 0 Å². The number of fused-ring (bicyclic) bond motifs is 1. The van der Waals surface area contributed by atoms with Crippen molar-refractivity contribution in [3.63, 3.8) is 0 Å². The molecule has 2 amide bonds. The lowest BCUT2D eigenvalue weighted by molar-refractivity contribution is -0.137. The number of benzene rings is 4. The van der Waals surface area contributed by atoms with Gasteiger partial charge in [0, 0.05) is 5.69 Å². The van der Waals surface area contributed by atoms with Crippen molar-refractivity contribution in [3.8, 4) is 5.75 Å². The molecule has 4 aromatic rings. The van der Waals surface area contributed by atoms with E-state index in [1.807, 2.05) is 30.3 Å². The van der Waals surface area contributed by atoms with E-state index in [9.17, 15) is 27.6 Å². The monoisotopic (exact) mass is 570 g/mol. The first-order chi connectivity index (χ1) is 18.5. The normalized spacial score (nSPS) is 13.8. The highest BCUT2D eigenvalue weighted by atomic mass is 35.5. The van der Waals surface area contributed by atoms with Gasteiger partial charge in [-0.25, -0.2) is 9.69 Å². The second kappa shape index (κ2) is 10.1. The van der Waals surface area contributed by atoms with Gasteiger partial charge in [-0.3, -0.25) is 9.59 Å². The van der Waals surface area contributed by atoms with Gasteiger partial charge in [-0.1, -0.05) is 53.5 Å². The van der Waals surface area contributed by atoms with E-state index in [0.717, 1.165) is 22.9 Å². The number of halogens is 5. The molecule has 0 radical (unpaired) electrons. The van der Waals surface area contributed by atoms with E-state index in [1.165, 1.54) is 24.3 Å². The van der Waals surface area contributed by atoms with E-state index < -0.39 is 40.2 Å². The van der Waals surface area contributed by atoms with E-state index in [-0.39, 0.29) is 22.0 Å². The summed E-state index contributed by atoms with van der Waals surface area (Å²) in [4.78, 5) is 38.8. The van der Waals surface area contributed by atoms with Crippen LogP contribution in [0.3, 0.4) is 0 Å². The Hall–Kier alpha value is -4.34. The van der Waals surface area contributed by atoms with Crippen LogP contribution in [0.1, 0.15) is 15.9 Å². The number of carbonyl (C=O) groups excluding carboxylic acids is 3. The third kappa shape index (κ3) is 5.19. The number of anilines is 2. The predicted octanol–water partition coefficient (Wildman–Crippen LogP) is 7.17. The highest BCUT2D eigenvalue weighted by molar-refractivity contribution is 6.53. The van der Waals surface area contributed by atoms with Crippen LogP contribution in [0.25, 0.3) is 10.8 Å². The molecule has 4 aromatic carbocycles. The first-order valence-corrected chi connectivity index (χ1v) is 12.0. The van der Waals surface area contributed by atoms with Crippen LogP contribution in [0.2, 0.25) is 5.02 Å². The molecule has 0 bridgehead atoms. The summed E-state index contributed by atoms with van der Waals surface area (Å²) in [6.07, 6.45) is -4.72. The number of amides is 2. The average Bonchev–Trinajstić information content (AvgIpc) is 3.11. The minimum atomic E-state index is -4.72. The second-order valence-corrected chi connectivity index (χ2v) is 9.18. The molecule has 0 atom stereocenters. The van der Waals surface area contributed by atoms with Crippen LogP contribution in [0.15, 0.2) is 95.7 Å². The van der Waals surface area contributed by atoms with Gasteiger partial charge in [-0.2, -0.15) is 13.2 Å². The topological polar surface area (TPSA) is 75.7 Å². The third-order valence-corrected chi connectivity index (χ3v) is 6.53. The predicted molar refractivity (Wildman–Crippen MR) is 141 cm³/mol. The van der Waals surface area contributed by atoms with Crippen molar-refractivity contribution in [2.45, 2.75) is 6.18 Å². The van der Waals surface area contributed by atoms with E-state index in [4.69, 9.17) is 27.9 Å². The van der Waals surface area contributed by atoms with Crippen molar-refractivity contribution in [3.05, 3.63) is 112 Å². The van der Waals surface area contributed by atoms with Crippen LogP contribution in [-0.2, 0) is 15.8 Å². The van der Waals surface area contributed by atoms with Crippen molar-refractivity contribution in [1.82, 2.24) is 0 Å². The van der Waals surface area contributed by atoms with Crippen LogP contribution in [-0.4, -0.2) is 17.8 Å². The maximum atomic E-state index is 13.2. The van der Waals surface area contributed by atoms with Gasteiger partial charge in [0.25, 0.3) is 11.8 Å². The number of ether oxygens (including phenoxy) is 1. The molecule has 1 aliphatic heterocycles. The number of hydrogen-bond acceptors (Lipinski definition) is 5. The van der Waals surface area contributed by atoms with E-state index in [0.29, 0.717) is 16.7 Å². The van der Waals surface area contributed by atoms with Crippen molar-refractivity contribution in [1.29, 1.82) is 0 Å². The lowest BCUT2D eigenvalue weighted by atomic mass is 10.1. The maximum Gasteiger partial charge on any atom is 0.416 e. The minimum Gasteiger partial charge on any atom is -0.423 e. The zero-order valence-corrected chi connectivity index (χ0v) is 21.1. The summed E-state index contributed by atoms with van der Waals surface area (Å²) in [6.45, 7) is 0. The lowest BCUT2D eigenvalue weighted by Crippen LogP contribution is -2.32. The van der Waals surface area contributed by atoms with Gasteiger partial charge in [0.15, 0.2) is 0 Å². The fourth-order valence-corrected chi connectivity index (χ4v) is 4.34. The van der Waals surface area contributed by atoms with Crippen LogP contribution >= 0.6 is 23.2 Å². The summed E-state index contributed by atoms with van der Waals surface area (Å²) in [5.74, 6) is -2.29. The molecule has 0 aromatic heterocycles. The summed E-state index contributed by atoms with van der Waals surface area (Å²) < 4.78 is 45.0. The van der Waals surface area contributed by atoms with Crippen molar-refractivity contribution in [2.24, 2.45) is 0 Å². The maximum absolute atomic E-state index is 13.2. The summed E-state index contributed by atoms with van der Waals surface area (Å²) in [7, 11) is 0. The Morgan fingerprint density at radius 1 is 0.821 bits per heavy atom. The summed E-state index contributed by atoms with van der Waals surface area (Å²) in [6, 6.07) is 20.9. The van der Waals surface area contributed by atoms with Crippen molar-refractivity contribution < 1.29 is 32.3 Å². The Morgan fingerprint density at radius 3 is 2.21 bits per heavy atom. The van der Waals surface area contributed by atoms with Gasteiger partial charge in [0.05, 0.1) is 21.8 Å². The molecule has 1 N–H and O–H groups in total. The average molecular weight is 571 g/mol. The minimum absolute atomic E-state index is 0.208. The Labute approximate surface area is 229 Å². The van der Waals surface area contributed by atoms with E-state index in [2.05, 4.69) is 5.32 Å². The summed E-state index contributed by atoms with van der Waals surface area (Å²) >= 11 is 12.1. The van der Waals surface area contributed by atoms with Crippen LogP contribution in [0.4, 0.5) is 24.5 Å².